The molecule has 6 atom stereocenters. The Morgan fingerprint density at radius 1 is 1.09 bits per heavy atom. The van der Waals surface area contributed by atoms with Crippen molar-refractivity contribution in [1.82, 2.24) is 0 Å². The fraction of sp³-hybridized carbons (Fsp3) is 0.348. The summed E-state index contributed by atoms with van der Waals surface area (Å²) in [4.78, 5) is 38.0. The second-order valence-electron chi connectivity index (χ2n) is 8.68. The molecule has 0 aromatic heterocycles. The monoisotopic (exact) mass is 556 g/mol. The largest absolute Gasteiger partial charge is 0.461 e. The number of esters is 1. The summed E-state index contributed by atoms with van der Waals surface area (Å²) >= 11 is 9.52. The highest BCUT2D eigenvalue weighted by Gasteiger charge is 2.67. The molecule has 178 valence electrons. The minimum Gasteiger partial charge on any atom is -0.461 e. The quantitative estimate of drug-likeness (QED) is 0.404. The summed E-state index contributed by atoms with van der Waals surface area (Å²) in [7, 11) is 0. The third-order valence-electron chi connectivity index (χ3n) is 6.76. The minimum atomic E-state index is -4.59. The summed E-state index contributed by atoms with van der Waals surface area (Å²) in [6, 6.07) is 8.62. The molecular weight excluding hydrogens is 541 g/mol. The van der Waals surface area contributed by atoms with Crippen LogP contribution in [0.15, 0.2) is 42.5 Å². The first kappa shape index (κ1) is 23.2. The van der Waals surface area contributed by atoms with Gasteiger partial charge in [-0.2, -0.15) is 13.2 Å². The van der Waals surface area contributed by atoms with Crippen molar-refractivity contribution in [1.29, 1.82) is 0 Å². The molecule has 3 fully saturated rings. The molecule has 2 saturated carbocycles. The third-order valence-corrected chi connectivity index (χ3v) is 8.29. The number of hydrogen-bond donors (Lipinski definition) is 2. The molecule has 1 aliphatic heterocycles. The second-order valence-corrected chi connectivity index (χ2v) is 10.1. The van der Waals surface area contributed by atoms with Gasteiger partial charge in [0.05, 0.1) is 32.9 Å². The zero-order valence-corrected chi connectivity index (χ0v) is 19.6. The summed E-state index contributed by atoms with van der Waals surface area (Å²) in [5, 5.41) is 5.10. The molecule has 2 N–H and O–H groups in total. The van der Waals surface area contributed by atoms with Crippen molar-refractivity contribution in [3.63, 3.8) is 0 Å². The van der Waals surface area contributed by atoms with E-state index in [-0.39, 0.29) is 50.9 Å². The Hall–Kier alpha value is -2.59. The van der Waals surface area contributed by atoms with E-state index in [9.17, 15) is 27.6 Å². The molecule has 6 nitrogen and oxygen atoms in total. The van der Waals surface area contributed by atoms with Crippen LogP contribution in [-0.4, -0.2) is 28.7 Å². The Labute approximate surface area is 205 Å². The third kappa shape index (κ3) is 3.86. The predicted molar refractivity (Wildman–Crippen MR) is 121 cm³/mol. The molecule has 2 aliphatic carbocycles. The van der Waals surface area contributed by atoms with Gasteiger partial charge in [-0.05, 0) is 48.7 Å². The second kappa shape index (κ2) is 8.27. The molecule has 3 aliphatic rings. The van der Waals surface area contributed by atoms with Crippen molar-refractivity contribution < 1.29 is 32.3 Å². The summed E-state index contributed by atoms with van der Waals surface area (Å²) in [5.74, 6) is -2.41. The molecule has 5 rings (SSSR count). The average molecular weight is 558 g/mol. The van der Waals surface area contributed by atoms with Gasteiger partial charge >= 0.3 is 12.1 Å². The Kier molecular flexibility index (Phi) is 5.63. The Morgan fingerprint density at radius 3 is 2.59 bits per heavy atom. The van der Waals surface area contributed by atoms with Gasteiger partial charge in [0, 0.05) is 17.2 Å². The van der Waals surface area contributed by atoms with Crippen LogP contribution in [0.25, 0.3) is 0 Å². The maximum atomic E-state index is 13.1. The molecular formula is C23H17BrClF3N2O4. The number of fused-ring (bicyclic) bond motifs is 1. The number of carbonyl (C=O) groups is 3. The van der Waals surface area contributed by atoms with Crippen molar-refractivity contribution in [3.8, 4) is 0 Å². The summed E-state index contributed by atoms with van der Waals surface area (Å²) < 4.78 is 44.4. The van der Waals surface area contributed by atoms with E-state index in [0.29, 0.717) is 5.69 Å². The molecule has 2 aromatic rings. The normalized spacial score (nSPS) is 29.1. The van der Waals surface area contributed by atoms with E-state index in [1.54, 1.807) is 6.07 Å². The number of hydrogen-bond acceptors (Lipinski definition) is 4. The van der Waals surface area contributed by atoms with Gasteiger partial charge in [-0.1, -0.05) is 33.6 Å². The molecule has 2 amide bonds. The van der Waals surface area contributed by atoms with Crippen LogP contribution in [0.4, 0.5) is 24.5 Å². The van der Waals surface area contributed by atoms with E-state index in [2.05, 4.69) is 26.6 Å². The van der Waals surface area contributed by atoms with E-state index in [0.717, 1.165) is 24.6 Å². The lowest BCUT2D eigenvalue weighted by molar-refractivity contribution is -0.145. The molecule has 1 heterocycles. The van der Waals surface area contributed by atoms with E-state index in [4.69, 9.17) is 16.3 Å². The first-order valence-electron chi connectivity index (χ1n) is 10.5. The highest BCUT2D eigenvalue weighted by Crippen LogP contribution is 2.60. The summed E-state index contributed by atoms with van der Waals surface area (Å²) in [6.07, 6.45) is -4.05. The van der Waals surface area contributed by atoms with Gasteiger partial charge in [0.1, 0.15) is 6.10 Å². The highest BCUT2D eigenvalue weighted by molar-refractivity contribution is 9.09. The van der Waals surface area contributed by atoms with Gasteiger partial charge < -0.3 is 15.4 Å². The molecule has 2 bridgehead atoms. The van der Waals surface area contributed by atoms with E-state index in [1.165, 1.54) is 18.2 Å². The lowest BCUT2D eigenvalue weighted by Gasteiger charge is -2.27. The first-order valence-corrected chi connectivity index (χ1v) is 11.8. The standard InChI is InChI=1S/C23H17BrClF3N2O4/c24-18-12-8-13-17(22(33)34-19(13)18)16(12)21(32)29-11-3-1-2-9(6-11)20(31)30-15-7-10(23(26,27)28)4-5-14(15)25/h1-7,12-13,16-19H,8H2,(H,29,32)(H,30,31)/t12-,13-,16-,17-,18+,19+/m1/s1. The van der Waals surface area contributed by atoms with Crippen molar-refractivity contribution in [2.45, 2.75) is 23.5 Å². The number of carbonyl (C=O) groups excluding carboxylic acids is 3. The van der Waals surface area contributed by atoms with Gasteiger partial charge in [-0.15, -0.1) is 0 Å². The van der Waals surface area contributed by atoms with Crippen molar-refractivity contribution in [3.05, 3.63) is 58.6 Å². The fourth-order valence-corrected chi connectivity index (χ4v) is 6.50. The molecule has 0 spiro atoms. The fourth-order valence-electron chi connectivity index (χ4n) is 5.29. The van der Waals surface area contributed by atoms with Gasteiger partial charge in [0.15, 0.2) is 0 Å². The SMILES string of the molecule is O=C(Nc1cc(C(F)(F)F)ccc1Cl)c1cccc(NC(=O)[C@@H]2[C@H]3C[C@H]4[C@H](OC(=O)[C@H]42)[C@H]3Br)c1. The Balaban J connectivity index is 1.31. The summed E-state index contributed by atoms with van der Waals surface area (Å²) in [5.41, 5.74) is -0.699. The number of amides is 2. The van der Waals surface area contributed by atoms with Crippen LogP contribution in [-0.2, 0) is 20.5 Å². The van der Waals surface area contributed by atoms with Crippen LogP contribution in [0.2, 0.25) is 5.02 Å². The maximum absolute atomic E-state index is 13.1. The topological polar surface area (TPSA) is 84.5 Å². The van der Waals surface area contributed by atoms with E-state index in [1.807, 2.05) is 0 Å². The van der Waals surface area contributed by atoms with Gasteiger partial charge in [-0.25, -0.2) is 0 Å². The molecule has 11 heteroatoms. The Bertz CT molecular complexity index is 1210. The first-order chi connectivity index (χ1) is 16.0. The average Bonchev–Trinajstić information content (AvgIpc) is 3.39. The van der Waals surface area contributed by atoms with Crippen molar-refractivity contribution >= 4 is 56.7 Å². The number of benzene rings is 2. The minimum absolute atomic E-state index is 0.0203. The maximum Gasteiger partial charge on any atom is 0.416 e. The smallest absolute Gasteiger partial charge is 0.416 e. The van der Waals surface area contributed by atoms with E-state index < -0.39 is 29.5 Å². The number of nitrogens with one attached hydrogen (secondary N) is 2. The number of alkyl halides is 4. The number of rotatable bonds is 4. The predicted octanol–water partition coefficient (Wildman–Crippen LogP) is 5.12. The van der Waals surface area contributed by atoms with Gasteiger partial charge in [-0.3, -0.25) is 14.4 Å². The zero-order chi connectivity index (χ0) is 24.4. The molecule has 2 aromatic carbocycles. The van der Waals surface area contributed by atoms with Crippen LogP contribution in [0.5, 0.6) is 0 Å². The number of anilines is 2. The van der Waals surface area contributed by atoms with Crippen LogP contribution < -0.4 is 10.6 Å². The molecule has 1 saturated heterocycles. The van der Waals surface area contributed by atoms with Crippen LogP contribution >= 0.6 is 27.5 Å². The molecule has 0 unspecified atom stereocenters. The molecule has 0 radical (unpaired) electrons. The van der Waals surface area contributed by atoms with Crippen LogP contribution in [0.3, 0.4) is 0 Å². The number of halogens is 5. The van der Waals surface area contributed by atoms with Crippen molar-refractivity contribution in [2.24, 2.45) is 23.7 Å². The Morgan fingerprint density at radius 2 is 1.85 bits per heavy atom. The van der Waals surface area contributed by atoms with Gasteiger partial charge in [0.25, 0.3) is 5.91 Å². The van der Waals surface area contributed by atoms with Crippen LogP contribution in [0.1, 0.15) is 22.3 Å². The van der Waals surface area contributed by atoms with Crippen LogP contribution in [0, 0.1) is 23.7 Å². The lowest BCUT2D eigenvalue weighted by atomic mass is 9.79. The van der Waals surface area contributed by atoms with E-state index >= 15 is 0 Å². The number of ether oxygens (including phenoxy) is 1. The van der Waals surface area contributed by atoms with Crippen molar-refractivity contribution in [2.75, 3.05) is 10.6 Å². The zero-order valence-electron chi connectivity index (χ0n) is 17.2. The molecule has 34 heavy (non-hydrogen) atoms. The summed E-state index contributed by atoms with van der Waals surface area (Å²) in [6.45, 7) is 0. The highest BCUT2D eigenvalue weighted by atomic mass is 79.9. The van der Waals surface area contributed by atoms with Gasteiger partial charge in [0.2, 0.25) is 5.91 Å². The lowest BCUT2D eigenvalue weighted by Crippen LogP contribution is -2.40.